The van der Waals surface area contributed by atoms with Crippen LogP contribution in [0.2, 0.25) is 0 Å². The number of amides is 3. The van der Waals surface area contributed by atoms with Gasteiger partial charge < -0.3 is 45.6 Å². The Bertz CT molecular complexity index is 2140. The van der Waals surface area contributed by atoms with Crippen molar-refractivity contribution < 1.29 is 33.6 Å². The molecular weight excluding hydrogens is 653 g/mol. The Balaban J connectivity index is 1.21. The minimum atomic E-state index is -0.545. The van der Waals surface area contributed by atoms with Crippen LogP contribution in [0.15, 0.2) is 66.1 Å². The van der Waals surface area contributed by atoms with E-state index in [0.717, 1.165) is 12.2 Å². The minimum Gasteiger partial charge on any atom is -0.497 e. The number of aromatic amines is 1. The van der Waals surface area contributed by atoms with E-state index >= 15 is 4.39 Å². The van der Waals surface area contributed by atoms with E-state index in [1.165, 1.54) is 19.2 Å². The summed E-state index contributed by atoms with van der Waals surface area (Å²) in [4.78, 5) is 46.8. The number of urea groups is 1. The largest absolute Gasteiger partial charge is 0.497 e. The number of anilines is 2. The Morgan fingerprint density at radius 1 is 1.08 bits per heavy atom. The molecule has 1 aromatic heterocycles. The van der Waals surface area contributed by atoms with Gasteiger partial charge in [0.25, 0.3) is 5.91 Å². The van der Waals surface area contributed by atoms with Crippen molar-refractivity contribution in [3.63, 3.8) is 0 Å². The molecule has 0 bridgehead atoms. The summed E-state index contributed by atoms with van der Waals surface area (Å²) in [7, 11) is 5.34. The fourth-order valence-corrected chi connectivity index (χ4v) is 6.34. The maximum atomic E-state index is 15.2. The van der Waals surface area contributed by atoms with E-state index < -0.39 is 17.6 Å². The summed E-state index contributed by atoms with van der Waals surface area (Å²) >= 11 is 0. The second-order valence-electron chi connectivity index (χ2n) is 12.8. The van der Waals surface area contributed by atoms with Gasteiger partial charge in [-0.05, 0) is 75.5 Å². The van der Waals surface area contributed by atoms with Gasteiger partial charge in [0.2, 0.25) is 5.78 Å². The number of likely N-dealkylation sites (N-methyl/N-ethyl adjacent to an activating group) is 1. The molecule has 2 aliphatic rings. The summed E-state index contributed by atoms with van der Waals surface area (Å²) in [5.74, 6) is -0.429. The van der Waals surface area contributed by atoms with Crippen LogP contribution in [0.5, 0.6) is 11.5 Å². The van der Waals surface area contributed by atoms with Crippen LogP contribution in [0.25, 0.3) is 22.6 Å². The topological polar surface area (TPSA) is 156 Å². The summed E-state index contributed by atoms with van der Waals surface area (Å²) in [5.41, 5.74) is 4.37. The van der Waals surface area contributed by atoms with Crippen molar-refractivity contribution >= 4 is 57.4 Å². The summed E-state index contributed by atoms with van der Waals surface area (Å²) < 4.78 is 26.6. The van der Waals surface area contributed by atoms with Crippen LogP contribution in [-0.4, -0.2) is 85.1 Å². The standard InChI is InChI=1S/C38H40FN7O5/c1-20-19-46(14-13-45(20)5)37(48)23-7-9-24(10-8-23)42-38(49)43-25-11-12-31-29(15-25)36(47)32(51-31)18-28-27-16-26(50-6)17-30(39)34(27)44-35(28)33(21(2)40)22(3)41-4/h7-12,15-18,20,40-41,44H,13-14,19H2,1-6H3,(H2,42,43,49)/p+1/b32-18-,33-22+,40-21?. The Hall–Kier alpha value is -5.79. The van der Waals surface area contributed by atoms with Crippen molar-refractivity contribution in [2.24, 2.45) is 0 Å². The minimum absolute atomic E-state index is 0.00207. The number of H-pyrrole nitrogens is 1. The molecule has 4 aromatic rings. The van der Waals surface area contributed by atoms with Gasteiger partial charge in [0, 0.05) is 72.3 Å². The Kier molecular flexibility index (Phi) is 9.77. The second kappa shape index (κ2) is 14.2. The lowest BCUT2D eigenvalue weighted by molar-refractivity contribution is -0.574. The van der Waals surface area contributed by atoms with Crippen LogP contribution in [0, 0.1) is 11.2 Å². The average molecular weight is 695 g/mol. The van der Waals surface area contributed by atoms with E-state index in [2.05, 4.69) is 27.4 Å². The number of nitrogens with one attached hydrogen (secondary N) is 4. The second-order valence-corrected chi connectivity index (χ2v) is 12.8. The molecule has 2 aliphatic heterocycles. The number of Topliss-reactive ketones (excluding diaryl/α,β-unsaturated/α-hetero) is 1. The summed E-state index contributed by atoms with van der Waals surface area (Å²) in [6.07, 6.45) is 1.54. The fraction of sp³-hybridized carbons (Fsp3) is 0.263. The number of nitrogens with two attached hydrogens (primary N) is 1. The van der Waals surface area contributed by atoms with Gasteiger partial charge in [-0.15, -0.1) is 0 Å². The maximum absolute atomic E-state index is 15.2. The number of quaternary nitrogens is 1. The Morgan fingerprint density at radius 3 is 2.45 bits per heavy atom. The van der Waals surface area contributed by atoms with Gasteiger partial charge in [0.15, 0.2) is 11.6 Å². The molecule has 0 aliphatic carbocycles. The number of carbonyl (C=O) groups excluding carboxylic acids is 3. The molecular formula is C38H41FN7O5+. The SMILES string of the molecule is C[NH2+]/C(C)=C(\C(C)=N)c1[nH]c2c(F)cc(OC)cc2c1/C=C1\Oc2ccc(NC(=O)Nc3ccc(C(=O)N4CCN(C)C(C)C4)cc3)cc2C1=O. The van der Waals surface area contributed by atoms with Crippen molar-refractivity contribution in [3.8, 4) is 11.5 Å². The lowest BCUT2D eigenvalue weighted by Crippen LogP contribution is -2.77. The maximum Gasteiger partial charge on any atom is 0.323 e. The van der Waals surface area contributed by atoms with Crippen molar-refractivity contribution in [2.45, 2.75) is 26.8 Å². The monoisotopic (exact) mass is 694 g/mol. The van der Waals surface area contributed by atoms with Crippen molar-refractivity contribution in [1.82, 2.24) is 14.8 Å². The number of methoxy groups -OCH3 is 1. The molecule has 0 saturated carbocycles. The molecule has 1 unspecified atom stereocenters. The molecule has 12 nitrogen and oxygen atoms in total. The van der Waals surface area contributed by atoms with Crippen molar-refractivity contribution in [2.75, 3.05) is 51.5 Å². The predicted octanol–water partition coefficient (Wildman–Crippen LogP) is 5.32. The average Bonchev–Trinajstić information content (AvgIpc) is 3.62. The highest BCUT2D eigenvalue weighted by Gasteiger charge is 2.30. The van der Waals surface area contributed by atoms with Crippen LogP contribution in [0.1, 0.15) is 52.7 Å². The molecule has 6 N–H and O–H groups in total. The smallest absolute Gasteiger partial charge is 0.323 e. The van der Waals surface area contributed by atoms with Gasteiger partial charge in [-0.3, -0.25) is 9.59 Å². The molecule has 51 heavy (non-hydrogen) atoms. The number of hydrogen-bond acceptors (Lipinski definition) is 7. The number of ketones is 1. The first-order chi connectivity index (χ1) is 24.4. The predicted molar refractivity (Wildman–Crippen MR) is 195 cm³/mol. The van der Waals surface area contributed by atoms with Gasteiger partial charge in [0.05, 0.1) is 36.5 Å². The van der Waals surface area contributed by atoms with Gasteiger partial charge in [-0.2, -0.15) is 0 Å². The third kappa shape index (κ3) is 6.98. The molecule has 264 valence electrons. The number of ether oxygens (including phenoxy) is 2. The number of halogens is 1. The Labute approximate surface area is 294 Å². The molecule has 3 aromatic carbocycles. The van der Waals surface area contributed by atoms with Crippen LogP contribution in [0.4, 0.5) is 20.6 Å². The van der Waals surface area contributed by atoms with Crippen LogP contribution < -0.4 is 25.4 Å². The highest BCUT2D eigenvalue weighted by molar-refractivity contribution is 6.24. The quantitative estimate of drug-likeness (QED) is 0.124. The van der Waals surface area contributed by atoms with Gasteiger partial charge >= 0.3 is 6.03 Å². The van der Waals surface area contributed by atoms with Crippen molar-refractivity contribution in [3.05, 3.63) is 94.3 Å². The normalized spacial score (nSPS) is 17.2. The zero-order valence-corrected chi connectivity index (χ0v) is 29.4. The highest BCUT2D eigenvalue weighted by Crippen LogP contribution is 2.38. The number of allylic oxidation sites excluding steroid dienone is 3. The number of nitrogens with zero attached hydrogens (tertiary/aromatic N) is 2. The summed E-state index contributed by atoms with van der Waals surface area (Å²) in [6, 6.07) is 14.1. The number of benzene rings is 3. The summed E-state index contributed by atoms with van der Waals surface area (Å²) in [6.45, 7) is 7.72. The van der Waals surface area contributed by atoms with E-state index in [4.69, 9.17) is 14.9 Å². The number of rotatable bonds is 8. The third-order valence-corrected chi connectivity index (χ3v) is 9.40. The number of carbonyl (C=O) groups is 3. The number of aromatic nitrogens is 1. The summed E-state index contributed by atoms with van der Waals surface area (Å²) in [5, 5.41) is 16.3. The molecule has 1 saturated heterocycles. The molecule has 0 radical (unpaired) electrons. The van der Waals surface area contributed by atoms with Gasteiger partial charge in [-0.1, -0.05) is 0 Å². The lowest BCUT2D eigenvalue weighted by Gasteiger charge is -2.37. The zero-order valence-electron chi connectivity index (χ0n) is 29.4. The molecule has 1 fully saturated rings. The first-order valence-corrected chi connectivity index (χ1v) is 16.6. The molecule has 6 rings (SSSR count). The Morgan fingerprint density at radius 2 is 1.78 bits per heavy atom. The van der Waals surface area contributed by atoms with E-state index in [9.17, 15) is 14.4 Å². The molecule has 3 amide bonds. The third-order valence-electron chi connectivity index (χ3n) is 9.40. The van der Waals surface area contributed by atoms with Crippen molar-refractivity contribution in [1.29, 1.82) is 5.41 Å². The van der Waals surface area contributed by atoms with E-state index in [1.54, 1.807) is 55.5 Å². The molecule has 3 heterocycles. The van der Waals surface area contributed by atoms with E-state index in [0.29, 0.717) is 63.7 Å². The van der Waals surface area contributed by atoms with Gasteiger partial charge in [0.1, 0.15) is 17.2 Å². The number of fused-ring (bicyclic) bond motifs is 2. The van der Waals surface area contributed by atoms with Gasteiger partial charge in [-0.25, -0.2) is 9.18 Å². The molecule has 1 atom stereocenters. The molecule has 0 spiro atoms. The van der Waals surface area contributed by atoms with Crippen LogP contribution >= 0.6 is 0 Å². The van der Waals surface area contributed by atoms with Crippen LogP contribution in [0.3, 0.4) is 0 Å². The highest BCUT2D eigenvalue weighted by atomic mass is 19.1. The number of piperazine rings is 1. The number of hydrogen-bond donors (Lipinski definition) is 5. The molecule has 13 heteroatoms. The first kappa shape index (κ1) is 35.1. The van der Waals surface area contributed by atoms with E-state index in [1.807, 2.05) is 31.2 Å². The van der Waals surface area contributed by atoms with Crippen LogP contribution in [-0.2, 0) is 0 Å². The van der Waals surface area contributed by atoms with E-state index in [-0.39, 0.29) is 34.5 Å². The lowest BCUT2D eigenvalue weighted by atomic mass is 9.99. The first-order valence-electron chi connectivity index (χ1n) is 16.6. The zero-order chi connectivity index (χ0) is 36.6. The fourth-order valence-electron chi connectivity index (χ4n) is 6.34.